The molecule has 0 unspecified atom stereocenters. The van der Waals surface area contributed by atoms with Crippen LogP contribution in [0.3, 0.4) is 0 Å². The minimum Gasteiger partial charge on any atom is -0.493 e. The van der Waals surface area contributed by atoms with Gasteiger partial charge in [-0.05, 0) is 43.5 Å². The average Bonchev–Trinajstić information content (AvgIpc) is 2.20. The molecule has 0 spiro atoms. The van der Waals surface area contributed by atoms with E-state index in [1.54, 1.807) is 6.92 Å². The maximum Gasteiger partial charge on any atom is 0.122 e. The zero-order valence-corrected chi connectivity index (χ0v) is 9.79. The van der Waals surface area contributed by atoms with Crippen molar-refractivity contribution in [1.82, 2.24) is 0 Å². The molecule has 1 aromatic carbocycles. The fraction of sp³-hybridized carbons (Fsp3) is 0.538. The van der Waals surface area contributed by atoms with Gasteiger partial charge in [0.05, 0.1) is 12.7 Å². The Morgan fingerprint density at radius 2 is 2.13 bits per heavy atom. The summed E-state index contributed by atoms with van der Waals surface area (Å²) in [6.07, 6.45) is 1.82. The van der Waals surface area contributed by atoms with Crippen molar-refractivity contribution in [2.75, 3.05) is 6.61 Å². The van der Waals surface area contributed by atoms with E-state index in [1.165, 1.54) is 0 Å². The Balaban J connectivity index is 2.66. The summed E-state index contributed by atoms with van der Waals surface area (Å²) in [5, 5.41) is 9.41. The van der Waals surface area contributed by atoms with Gasteiger partial charge >= 0.3 is 0 Å². The molecule has 1 atom stereocenters. The summed E-state index contributed by atoms with van der Waals surface area (Å²) in [4.78, 5) is 0. The fourth-order valence-electron chi connectivity index (χ4n) is 1.42. The molecule has 1 rings (SSSR count). The number of rotatable bonds is 5. The number of hydrogen-bond donors (Lipinski definition) is 1. The third-order valence-corrected chi connectivity index (χ3v) is 2.44. The second kappa shape index (κ2) is 5.76. The van der Waals surface area contributed by atoms with E-state index >= 15 is 0 Å². The molecule has 0 bridgehead atoms. The standard InChI is InChI=1S/C13H20O2/c1-4-5-8-15-13-7-6-12(11(3)14)9-10(13)2/h6-7,9,11,14H,4-5,8H2,1-3H3/t11-/m0/s1. The second-order valence-corrected chi connectivity index (χ2v) is 3.90. The van der Waals surface area contributed by atoms with Gasteiger partial charge < -0.3 is 9.84 Å². The van der Waals surface area contributed by atoms with Crippen LogP contribution in [0.4, 0.5) is 0 Å². The Morgan fingerprint density at radius 3 is 2.67 bits per heavy atom. The Labute approximate surface area is 91.9 Å². The molecule has 1 N–H and O–H groups in total. The summed E-state index contributed by atoms with van der Waals surface area (Å²) in [6, 6.07) is 5.83. The molecule has 0 radical (unpaired) electrons. The normalized spacial score (nSPS) is 12.5. The van der Waals surface area contributed by atoms with Crippen LogP contribution < -0.4 is 4.74 Å². The minimum atomic E-state index is -0.409. The maximum atomic E-state index is 9.41. The van der Waals surface area contributed by atoms with Crippen LogP contribution in [0, 0.1) is 6.92 Å². The van der Waals surface area contributed by atoms with E-state index < -0.39 is 6.10 Å². The van der Waals surface area contributed by atoms with Crippen LogP contribution in [0.1, 0.15) is 43.9 Å². The highest BCUT2D eigenvalue weighted by Gasteiger charge is 2.04. The third-order valence-electron chi connectivity index (χ3n) is 2.44. The van der Waals surface area contributed by atoms with Gasteiger partial charge in [0.25, 0.3) is 0 Å². The van der Waals surface area contributed by atoms with E-state index in [0.717, 1.165) is 36.3 Å². The summed E-state index contributed by atoms with van der Waals surface area (Å²) in [5.74, 6) is 0.924. The van der Waals surface area contributed by atoms with Crippen LogP contribution in [-0.2, 0) is 0 Å². The van der Waals surface area contributed by atoms with Gasteiger partial charge in [0.1, 0.15) is 5.75 Å². The number of aryl methyl sites for hydroxylation is 1. The topological polar surface area (TPSA) is 29.5 Å². The molecule has 0 aromatic heterocycles. The number of benzene rings is 1. The first-order valence-electron chi connectivity index (χ1n) is 5.56. The van der Waals surface area contributed by atoms with Crippen molar-refractivity contribution in [3.8, 4) is 5.75 Å². The Bertz CT molecular complexity index is 305. The van der Waals surface area contributed by atoms with Crippen LogP contribution in [0.15, 0.2) is 18.2 Å². The lowest BCUT2D eigenvalue weighted by Gasteiger charge is -2.11. The lowest BCUT2D eigenvalue weighted by molar-refractivity contribution is 0.199. The quantitative estimate of drug-likeness (QED) is 0.753. The molecule has 0 aliphatic rings. The second-order valence-electron chi connectivity index (χ2n) is 3.90. The van der Waals surface area contributed by atoms with E-state index in [4.69, 9.17) is 4.74 Å². The van der Waals surface area contributed by atoms with Gasteiger partial charge in [-0.15, -0.1) is 0 Å². The molecule has 0 aliphatic heterocycles. The summed E-state index contributed by atoms with van der Waals surface area (Å²) in [6.45, 7) is 6.69. The first kappa shape index (κ1) is 12.1. The molecule has 0 heterocycles. The van der Waals surface area contributed by atoms with Crippen molar-refractivity contribution in [1.29, 1.82) is 0 Å². The summed E-state index contributed by atoms with van der Waals surface area (Å²) < 4.78 is 5.63. The predicted octanol–water partition coefficient (Wildman–Crippen LogP) is 3.23. The molecule has 0 amide bonds. The van der Waals surface area contributed by atoms with Crippen molar-refractivity contribution in [2.24, 2.45) is 0 Å². The molecular formula is C13H20O2. The van der Waals surface area contributed by atoms with E-state index in [1.807, 2.05) is 25.1 Å². The van der Waals surface area contributed by atoms with Crippen LogP contribution in [0.25, 0.3) is 0 Å². The van der Waals surface area contributed by atoms with Gasteiger partial charge in [-0.3, -0.25) is 0 Å². The Morgan fingerprint density at radius 1 is 1.40 bits per heavy atom. The van der Waals surface area contributed by atoms with Gasteiger partial charge in [-0.1, -0.05) is 19.4 Å². The van der Waals surface area contributed by atoms with E-state index in [9.17, 15) is 5.11 Å². The first-order valence-corrected chi connectivity index (χ1v) is 5.56. The zero-order chi connectivity index (χ0) is 11.3. The Hall–Kier alpha value is -1.02. The van der Waals surface area contributed by atoms with Gasteiger partial charge in [0.2, 0.25) is 0 Å². The highest BCUT2D eigenvalue weighted by atomic mass is 16.5. The maximum absolute atomic E-state index is 9.41. The highest BCUT2D eigenvalue weighted by Crippen LogP contribution is 2.22. The minimum absolute atomic E-state index is 0.409. The van der Waals surface area contributed by atoms with Gasteiger partial charge in [-0.2, -0.15) is 0 Å². The first-order chi connectivity index (χ1) is 7.15. The van der Waals surface area contributed by atoms with Crippen LogP contribution in [-0.4, -0.2) is 11.7 Å². The predicted molar refractivity (Wildman–Crippen MR) is 62.2 cm³/mol. The molecular weight excluding hydrogens is 188 g/mol. The lowest BCUT2D eigenvalue weighted by Crippen LogP contribution is -1.99. The Kier molecular flexibility index (Phi) is 4.63. The van der Waals surface area contributed by atoms with Crippen molar-refractivity contribution in [3.05, 3.63) is 29.3 Å². The molecule has 15 heavy (non-hydrogen) atoms. The molecule has 84 valence electrons. The monoisotopic (exact) mass is 208 g/mol. The zero-order valence-electron chi connectivity index (χ0n) is 9.79. The third kappa shape index (κ3) is 3.56. The van der Waals surface area contributed by atoms with Crippen molar-refractivity contribution >= 4 is 0 Å². The SMILES string of the molecule is CCCCOc1ccc([C@H](C)O)cc1C. The van der Waals surface area contributed by atoms with Crippen molar-refractivity contribution in [3.63, 3.8) is 0 Å². The number of aliphatic hydroxyl groups is 1. The van der Waals surface area contributed by atoms with E-state index in [2.05, 4.69) is 6.92 Å². The average molecular weight is 208 g/mol. The number of unbranched alkanes of at least 4 members (excludes halogenated alkanes) is 1. The van der Waals surface area contributed by atoms with Gasteiger partial charge in [0.15, 0.2) is 0 Å². The van der Waals surface area contributed by atoms with Crippen LogP contribution >= 0.6 is 0 Å². The lowest BCUT2D eigenvalue weighted by atomic mass is 10.1. The molecule has 1 aromatic rings. The van der Waals surface area contributed by atoms with Gasteiger partial charge in [-0.25, -0.2) is 0 Å². The van der Waals surface area contributed by atoms with Crippen molar-refractivity contribution in [2.45, 2.75) is 39.7 Å². The summed E-state index contributed by atoms with van der Waals surface area (Å²) >= 11 is 0. The van der Waals surface area contributed by atoms with E-state index in [0.29, 0.717) is 0 Å². The molecule has 2 nitrogen and oxygen atoms in total. The molecule has 2 heteroatoms. The van der Waals surface area contributed by atoms with E-state index in [-0.39, 0.29) is 0 Å². The summed E-state index contributed by atoms with van der Waals surface area (Å²) in [5.41, 5.74) is 2.03. The smallest absolute Gasteiger partial charge is 0.122 e. The molecule has 0 fully saturated rings. The van der Waals surface area contributed by atoms with Crippen molar-refractivity contribution < 1.29 is 9.84 Å². The molecule has 0 aliphatic carbocycles. The number of aliphatic hydroxyl groups excluding tert-OH is 1. The van der Waals surface area contributed by atoms with Crippen LogP contribution in [0.5, 0.6) is 5.75 Å². The highest BCUT2D eigenvalue weighted by molar-refractivity contribution is 5.36. The summed E-state index contributed by atoms with van der Waals surface area (Å²) in [7, 11) is 0. The largest absolute Gasteiger partial charge is 0.493 e. The van der Waals surface area contributed by atoms with Gasteiger partial charge in [0, 0.05) is 0 Å². The van der Waals surface area contributed by atoms with Crippen LogP contribution in [0.2, 0.25) is 0 Å². The molecule has 0 saturated carbocycles. The molecule has 0 saturated heterocycles. The fourth-order valence-corrected chi connectivity index (χ4v) is 1.42. The number of ether oxygens (including phenoxy) is 1. The number of hydrogen-bond acceptors (Lipinski definition) is 2.